The van der Waals surface area contributed by atoms with Crippen molar-refractivity contribution in [2.45, 2.75) is 33.8 Å². The van der Waals surface area contributed by atoms with E-state index in [0.29, 0.717) is 12.4 Å². The van der Waals surface area contributed by atoms with E-state index in [-0.39, 0.29) is 11.5 Å². The highest BCUT2D eigenvalue weighted by Gasteiger charge is 2.27. The third kappa shape index (κ3) is 3.22. The first-order valence-corrected chi connectivity index (χ1v) is 4.27. The van der Waals surface area contributed by atoms with Gasteiger partial charge in [-0.3, -0.25) is 4.99 Å². The molecule has 0 aliphatic rings. The van der Waals surface area contributed by atoms with Gasteiger partial charge in [0.25, 0.3) is 0 Å². The molecule has 12 heavy (non-hydrogen) atoms. The molecule has 3 nitrogen and oxygen atoms in total. The van der Waals surface area contributed by atoms with Gasteiger partial charge in [0.05, 0.1) is 0 Å². The molecule has 0 saturated carbocycles. The molecule has 0 amide bonds. The van der Waals surface area contributed by atoms with Crippen LogP contribution >= 0.6 is 0 Å². The Labute approximate surface area is 75.0 Å². The summed E-state index contributed by atoms with van der Waals surface area (Å²) in [5.74, 6) is 0.573. The number of amidine groups is 1. The lowest BCUT2D eigenvalue weighted by molar-refractivity contribution is 0.0354. The Hall–Kier alpha value is -0.570. The molecule has 0 spiro atoms. The fourth-order valence-electron chi connectivity index (χ4n) is 1.06. The maximum atomic E-state index is 5.71. The molecule has 0 bridgehead atoms. The molecule has 2 N–H and O–H groups in total. The highest BCUT2D eigenvalue weighted by molar-refractivity contribution is 5.85. The van der Waals surface area contributed by atoms with Crippen molar-refractivity contribution in [3.05, 3.63) is 0 Å². The van der Waals surface area contributed by atoms with Crippen molar-refractivity contribution in [2.24, 2.45) is 16.1 Å². The van der Waals surface area contributed by atoms with Crippen LogP contribution in [-0.4, -0.2) is 25.6 Å². The van der Waals surface area contributed by atoms with Crippen LogP contribution in [0.3, 0.4) is 0 Å². The lowest BCUT2D eigenvalue weighted by Gasteiger charge is -2.29. The quantitative estimate of drug-likeness (QED) is 0.517. The van der Waals surface area contributed by atoms with Crippen molar-refractivity contribution in [1.82, 2.24) is 0 Å². The average Bonchev–Trinajstić information content (AvgIpc) is 1.96. The van der Waals surface area contributed by atoms with Crippen LogP contribution in [0.5, 0.6) is 0 Å². The summed E-state index contributed by atoms with van der Waals surface area (Å²) in [6, 6.07) is 0. The Bertz CT molecular complexity index is 158. The van der Waals surface area contributed by atoms with E-state index in [0.717, 1.165) is 0 Å². The van der Waals surface area contributed by atoms with Gasteiger partial charge < -0.3 is 10.5 Å². The Morgan fingerprint density at radius 2 is 2.00 bits per heavy atom. The monoisotopic (exact) mass is 172 g/mol. The van der Waals surface area contributed by atoms with Crippen LogP contribution < -0.4 is 5.73 Å². The number of nitrogens with zero attached hydrogens (tertiary/aromatic N) is 1. The number of aliphatic imine (C=N–C) groups is 1. The van der Waals surface area contributed by atoms with Gasteiger partial charge in [-0.25, -0.2) is 0 Å². The maximum absolute atomic E-state index is 5.71. The molecule has 0 aromatic heterocycles. The molecule has 0 heterocycles. The lowest BCUT2D eigenvalue weighted by Crippen LogP contribution is -2.41. The summed E-state index contributed by atoms with van der Waals surface area (Å²) >= 11 is 0. The molecule has 0 aromatic rings. The molecule has 3 heteroatoms. The van der Waals surface area contributed by atoms with E-state index in [4.69, 9.17) is 10.5 Å². The second-order valence-corrected chi connectivity index (χ2v) is 3.85. The van der Waals surface area contributed by atoms with Crippen LogP contribution in [0.25, 0.3) is 0 Å². The van der Waals surface area contributed by atoms with Gasteiger partial charge in [0.1, 0.15) is 11.9 Å². The number of nitrogens with two attached hydrogens (primary N) is 1. The molecule has 1 unspecified atom stereocenters. The van der Waals surface area contributed by atoms with E-state index in [1.807, 2.05) is 6.92 Å². The SMILES string of the molecule is CCOC(C(N)=NC)C(C)(C)C. The van der Waals surface area contributed by atoms with Crippen LogP contribution in [0.4, 0.5) is 0 Å². The van der Waals surface area contributed by atoms with Gasteiger partial charge >= 0.3 is 0 Å². The number of hydrogen-bond donors (Lipinski definition) is 1. The average molecular weight is 172 g/mol. The molecule has 72 valence electrons. The van der Waals surface area contributed by atoms with Gasteiger partial charge in [0, 0.05) is 13.7 Å². The summed E-state index contributed by atoms with van der Waals surface area (Å²) in [6.07, 6.45) is -0.0764. The molecule has 0 radical (unpaired) electrons. The summed E-state index contributed by atoms with van der Waals surface area (Å²) in [5, 5.41) is 0. The van der Waals surface area contributed by atoms with E-state index >= 15 is 0 Å². The van der Waals surface area contributed by atoms with Crippen molar-refractivity contribution in [1.29, 1.82) is 0 Å². The molecule has 0 fully saturated rings. The van der Waals surface area contributed by atoms with E-state index in [9.17, 15) is 0 Å². The van der Waals surface area contributed by atoms with Crippen molar-refractivity contribution < 1.29 is 4.74 Å². The van der Waals surface area contributed by atoms with E-state index in [2.05, 4.69) is 25.8 Å². The van der Waals surface area contributed by atoms with Gasteiger partial charge in [-0.05, 0) is 12.3 Å². The first-order chi connectivity index (χ1) is 5.43. The Morgan fingerprint density at radius 1 is 1.50 bits per heavy atom. The van der Waals surface area contributed by atoms with Gasteiger partial charge in [-0.2, -0.15) is 0 Å². The van der Waals surface area contributed by atoms with Crippen LogP contribution in [0.2, 0.25) is 0 Å². The largest absolute Gasteiger partial charge is 0.385 e. The molecule has 0 saturated heterocycles. The van der Waals surface area contributed by atoms with Crippen LogP contribution in [0.1, 0.15) is 27.7 Å². The van der Waals surface area contributed by atoms with Crippen molar-refractivity contribution in [2.75, 3.05) is 13.7 Å². The summed E-state index contributed by atoms with van der Waals surface area (Å²) in [4.78, 5) is 3.94. The molecular formula is C9H20N2O. The lowest BCUT2D eigenvalue weighted by atomic mass is 9.88. The second kappa shape index (κ2) is 4.45. The molecule has 0 aliphatic carbocycles. The predicted molar refractivity (Wildman–Crippen MR) is 52.4 cm³/mol. The summed E-state index contributed by atoms with van der Waals surface area (Å²) < 4.78 is 5.50. The number of ether oxygens (including phenoxy) is 1. The zero-order valence-electron chi connectivity index (χ0n) is 8.72. The van der Waals surface area contributed by atoms with Crippen molar-refractivity contribution >= 4 is 5.84 Å². The van der Waals surface area contributed by atoms with Gasteiger partial charge in [-0.1, -0.05) is 20.8 Å². The molecular weight excluding hydrogens is 152 g/mol. The topological polar surface area (TPSA) is 47.6 Å². The Balaban J connectivity index is 4.44. The fraction of sp³-hybridized carbons (Fsp3) is 0.889. The van der Waals surface area contributed by atoms with E-state index in [1.54, 1.807) is 7.05 Å². The van der Waals surface area contributed by atoms with Gasteiger partial charge in [-0.15, -0.1) is 0 Å². The van der Waals surface area contributed by atoms with Crippen LogP contribution in [0, 0.1) is 5.41 Å². The third-order valence-electron chi connectivity index (χ3n) is 1.65. The van der Waals surface area contributed by atoms with Gasteiger partial charge in [0.15, 0.2) is 0 Å². The van der Waals surface area contributed by atoms with E-state index < -0.39 is 0 Å². The summed E-state index contributed by atoms with van der Waals surface area (Å²) in [6.45, 7) is 8.89. The zero-order valence-corrected chi connectivity index (χ0v) is 8.72. The minimum atomic E-state index is -0.0764. The standard InChI is InChI=1S/C9H20N2O/c1-6-12-7(8(10)11-5)9(2,3)4/h7H,6H2,1-5H3,(H2,10,11). The second-order valence-electron chi connectivity index (χ2n) is 3.85. The highest BCUT2D eigenvalue weighted by Crippen LogP contribution is 2.22. The number of hydrogen-bond acceptors (Lipinski definition) is 2. The van der Waals surface area contributed by atoms with E-state index in [1.165, 1.54) is 0 Å². The molecule has 0 aliphatic heterocycles. The first kappa shape index (κ1) is 11.4. The number of rotatable bonds is 3. The normalized spacial score (nSPS) is 16.2. The van der Waals surface area contributed by atoms with Crippen molar-refractivity contribution in [3.63, 3.8) is 0 Å². The van der Waals surface area contributed by atoms with Crippen LogP contribution in [0.15, 0.2) is 4.99 Å². The minimum absolute atomic E-state index is 0.0135. The predicted octanol–water partition coefficient (Wildman–Crippen LogP) is 1.42. The Morgan fingerprint density at radius 3 is 2.25 bits per heavy atom. The highest BCUT2D eigenvalue weighted by atomic mass is 16.5. The summed E-state index contributed by atoms with van der Waals surface area (Å²) in [7, 11) is 1.69. The molecule has 0 rings (SSSR count). The first-order valence-electron chi connectivity index (χ1n) is 4.27. The van der Waals surface area contributed by atoms with Gasteiger partial charge in [0.2, 0.25) is 0 Å². The minimum Gasteiger partial charge on any atom is -0.385 e. The zero-order chi connectivity index (χ0) is 9.78. The summed E-state index contributed by atoms with van der Waals surface area (Å²) in [5.41, 5.74) is 5.73. The molecule has 0 aromatic carbocycles. The van der Waals surface area contributed by atoms with Crippen LogP contribution in [-0.2, 0) is 4.74 Å². The molecule has 1 atom stereocenters. The maximum Gasteiger partial charge on any atom is 0.123 e. The third-order valence-corrected chi connectivity index (χ3v) is 1.65. The smallest absolute Gasteiger partial charge is 0.123 e. The fourth-order valence-corrected chi connectivity index (χ4v) is 1.06. The Kier molecular flexibility index (Phi) is 4.24. The van der Waals surface area contributed by atoms with Crippen molar-refractivity contribution in [3.8, 4) is 0 Å².